The first-order valence-electron chi connectivity index (χ1n) is 9.50. The van der Waals surface area contributed by atoms with Crippen LogP contribution in [0.15, 0.2) is 40.4 Å². The van der Waals surface area contributed by atoms with Crippen LogP contribution in [0, 0.1) is 20.8 Å². The van der Waals surface area contributed by atoms with E-state index < -0.39 is 0 Å². The van der Waals surface area contributed by atoms with E-state index in [9.17, 15) is 0 Å². The third kappa shape index (κ3) is 3.96. The van der Waals surface area contributed by atoms with Crippen LogP contribution < -0.4 is 5.43 Å². The van der Waals surface area contributed by atoms with Crippen molar-refractivity contribution in [3.63, 3.8) is 0 Å². The van der Waals surface area contributed by atoms with Crippen molar-refractivity contribution in [1.29, 1.82) is 0 Å². The number of ether oxygens (including phenoxy) is 1. The third-order valence-electron chi connectivity index (χ3n) is 5.26. The van der Waals surface area contributed by atoms with Gasteiger partial charge in [0.25, 0.3) is 0 Å². The number of nitrogens with one attached hydrogen (secondary N) is 1. The normalized spacial score (nSPS) is 21.4. The number of aryl methyl sites for hydroxylation is 2. The van der Waals surface area contributed by atoms with Crippen molar-refractivity contribution in [2.75, 3.05) is 12.4 Å². The first kappa shape index (κ1) is 18.3. The van der Waals surface area contributed by atoms with Gasteiger partial charge in [-0.3, -0.25) is 5.43 Å². The third-order valence-corrected chi connectivity index (χ3v) is 6.14. The number of aromatic nitrogens is 1. The second kappa shape index (κ2) is 7.90. The molecule has 2 aliphatic heterocycles. The van der Waals surface area contributed by atoms with E-state index in [4.69, 9.17) is 9.73 Å². The minimum atomic E-state index is 0.344. The molecule has 1 N–H and O–H groups in total. The number of amidine groups is 1. The first-order chi connectivity index (χ1) is 13.1. The average molecular weight is 383 g/mol. The fraction of sp³-hybridized carbons (Fsp3) is 0.429. The van der Waals surface area contributed by atoms with Crippen molar-refractivity contribution < 1.29 is 4.74 Å². The van der Waals surface area contributed by atoms with Crippen LogP contribution >= 0.6 is 11.8 Å². The van der Waals surface area contributed by atoms with Crippen molar-refractivity contribution in [2.24, 2.45) is 10.1 Å². The van der Waals surface area contributed by atoms with E-state index in [0.29, 0.717) is 6.10 Å². The molecule has 2 aromatic rings. The van der Waals surface area contributed by atoms with Crippen LogP contribution in [-0.2, 0) is 11.3 Å². The number of hydrazone groups is 1. The zero-order valence-electron chi connectivity index (χ0n) is 16.2. The van der Waals surface area contributed by atoms with E-state index >= 15 is 0 Å². The Morgan fingerprint density at radius 1 is 1.30 bits per heavy atom. The van der Waals surface area contributed by atoms with Crippen molar-refractivity contribution in [3.8, 4) is 0 Å². The monoisotopic (exact) mass is 382 g/mol. The Morgan fingerprint density at radius 3 is 2.85 bits per heavy atom. The number of hydrogen-bond acceptors (Lipinski definition) is 4. The molecule has 4 rings (SSSR count). The summed E-state index contributed by atoms with van der Waals surface area (Å²) in [6, 6.07) is 10.4. The van der Waals surface area contributed by atoms with Gasteiger partial charge in [-0.2, -0.15) is 5.10 Å². The Morgan fingerprint density at radius 2 is 2.15 bits per heavy atom. The number of hydrogen-bond donors (Lipinski definition) is 1. The fourth-order valence-corrected chi connectivity index (χ4v) is 4.44. The Labute approximate surface area is 164 Å². The van der Waals surface area contributed by atoms with E-state index in [2.05, 4.69) is 48.0 Å². The molecule has 0 radical (unpaired) electrons. The van der Waals surface area contributed by atoms with E-state index in [1.165, 1.54) is 28.9 Å². The number of nitrogens with zero attached hydrogens (tertiary/aromatic N) is 3. The van der Waals surface area contributed by atoms with Gasteiger partial charge in [-0.1, -0.05) is 30.0 Å². The lowest BCUT2D eigenvalue weighted by molar-refractivity contribution is 0.0962. The zero-order valence-corrected chi connectivity index (χ0v) is 17.0. The zero-order chi connectivity index (χ0) is 18.8. The molecule has 1 aromatic heterocycles. The first-order valence-corrected chi connectivity index (χ1v) is 10.5. The van der Waals surface area contributed by atoms with Gasteiger partial charge in [0.1, 0.15) is 0 Å². The molecule has 1 saturated heterocycles. The summed E-state index contributed by atoms with van der Waals surface area (Å²) in [5, 5.41) is 5.47. The molecule has 0 aliphatic carbocycles. The second-order valence-electron chi connectivity index (χ2n) is 7.19. The highest BCUT2D eigenvalue weighted by Gasteiger charge is 2.22. The summed E-state index contributed by atoms with van der Waals surface area (Å²) in [5.41, 5.74) is 10.1. The Bertz CT molecular complexity index is 894. The lowest BCUT2D eigenvalue weighted by atomic mass is 10.1. The smallest absolute Gasteiger partial charge is 0.182 e. The largest absolute Gasteiger partial charge is 0.376 e. The van der Waals surface area contributed by atoms with Gasteiger partial charge >= 0.3 is 0 Å². The van der Waals surface area contributed by atoms with E-state index in [-0.39, 0.29) is 0 Å². The molecule has 1 atom stereocenters. The van der Waals surface area contributed by atoms with E-state index in [1.807, 2.05) is 18.2 Å². The van der Waals surface area contributed by atoms with Crippen molar-refractivity contribution in [3.05, 3.63) is 52.8 Å². The van der Waals surface area contributed by atoms with Gasteiger partial charge in [0, 0.05) is 35.9 Å². The molecule has 27 heavy (non-hydrogen) atoms. The number of para-hydroxylation sites is 1. The van der Waals surface area contributed by atoms with Gasteiger partial charge in [-0.05, 0) is 51.3 Å². The van der Waals surface area contributed by atoms with Gasteiger partial charge in [0.05, 0.1) is 17.5 Å². The van der Waals surface area contributed by atoms with Gasteiger partial charge in [0.15, 0.2) is 5.17 Å². The molecule has 5 nitrogen and oxygen atoms in total. The molecule has 0 bridgehead atoms. The fourth-order valence-electron chi connectivity index (χ4n) is 3.68. The molecular weight excluding hydrogens is 356 g/mol. The standard InChI is InChI=1S/C21H26N4OS/c1-14-7-4-5-9-19(14)22-21-24-23-20(13-27-21)18-11-15(2)25(16(18)3)12-17-8-6-10-26-17/h4-5,7,9,11,17H,6,8,10,12-13H2,1-3H3,(H,22,24)/t17-/m1/s1. The quantitative estimate of drug-likeness (QED) is 0.857. The van der Waals surface area contributed by atoms with Gasteiger partial charge < -0.3 is 9.30 Å². The SMILES string of the molecule is Cc1ccccc1N=C1NN=C(c2cc(C)n(C[C@H]3CCCO3)c2C)CS1. The van der Waals surface area contributed by atoms with Crippen LogP contribution in [0.2, 0.25) is 0 Å². The molecule has 0 unspecified atom stereocenters. The number of rotatable bonds is 4. The number of thioether (sulfide) groups is 1. The minimum absolute atomic E-state index is 0.344. The molecule has 142 valence electrons. The van der Waals surface area contributed by atoms with Crippen LogP contribution in [-0.4, -0.2) is 33.9 Å². The molecule has 2 aliphatic rings. The van der Waals surface area contributed by atoms with Gasteiger partial charge in [-0.25, -0.2) is 4.99 Å². The summed E-state index contributed by atoms with van der Waals surface area (Å²) in [5.74, 6) is 0.821. The average Bonchev–Trinajstić information content (AvgIpc) is 3.28. The molecular formula is C21H26N4OS. The van der Waals surface area contributed by atoms with E-state index in [1.54, 1.807) is 11.8 Å². The predicted molar refractivity (Wildman–Crippen MR) is 113 cm³/mol. The van der Waals surface area contributed by atoms with Crippen molar-refractivity contribution in [1.82, 2.24) is 9.99 Å². The minimum Gasteiger partial charge on any atom is -0.376 e. The summed E-state index contributed by atoms with van der Waals surface area (Å²) in [6.07, 6.45) is 2.67. The molecule has 1 aromatic carbocycles. The predicted octanol–water partition coefficient (Wildman–Crippen LogP) is 4.32. The van der Waals surface area contributed by atoms with Gasteiger partial charge in [-0.15, -0.1) is 0 Å². The van der Waals surface area contributed by atoms with Crippen LogP contribution in [0.25, 0.3) is 0 Å². The summed E-state index contributed by atoms with van der Waals surface area (Å²) in [4.78, 5) is 4.70. The highest BCUT2D eigenvalue weighted by molar-refractivity contribution is 8.14. The van der Waals surface area contributed by atoms with Gasteiger partial charge in [0.2, 0.25) is 0 Å². The molecule has 6 heteroatoms. The van der Waals surface area contributed by atoms with Crippen LogP contribution in [0.4, 0.5) is 5.69 Å². The van der Waals surface area contributed by atoms with E-state index in [0.717, 1.165) is 41.9 Å². The maximum absolute atomic E-state index is 5.82. The molecule has 3 heterocycles. The Hall–Kier alpha value is -2.05. The Balaban J connectivity index is 1.52. The second-order valence-corrected chi connectivity index (χ2v) is 8.16. The lowest BCUT2D eigenvalue weighted by Crippen LogP contribution is -2.25. The lowest BCUT2D eigenvalue weighted by Gasteiger charge is -2.17. The summed E-state index contributed by atoms with van der Waals surface area (Å²) in [6.45, 7) is 8.26. The highest BCUT2D eigenvalue weighted by atomic mass is 32.2. The summed E-state index contributed by atoms with van der Waals surface area (Å²) in [7, 11) is 0. The highest BCUT2D eigenvalue weighted by Crippen LogP contribution is 2.25. The summed E-state index contributed by atoms with van der Waals surface area (Å²) < 4.78 is 8.19. The van der Waals surface area contributed by atoms with Crippen LogP contribution in [0.5, 0.6) is 0 Å². The maximum Gasteiger partial charge on any atom is 0.182 e. The molecule has 0 spiro atoms. The molecule has 1 fully saturated rings. The molecule has 0 saturated carbocycles. The van der Waals surface area contributed by atoms with Crippen LogP contribution in [0.1, 0.15) is 35.4 Å². The summed E-state index contributed by atoms with van der Waals surface area (Å²) >= 11 is 1.70. The Kier molecular flexibility index (Phi) is 5.36. The number of benzene rings is 1. The van der Waals surface area contributed by atoms with Crippen LogP contribution in [0.3, 0.4) is 0 Å². The van der Waals surface area contributed by atoms with Crippen molar-refractivity contribution >= 4 is 28.3 Å². The topological polar surface area (TPSA) is 50.9 Å². The number of aliphatic imine (C=N–C) groups is 1. The molecule has 0 amide bonds. The maximum atomic E-state index is 5.82. The van der Waals surface area contributed by atoms with Crippen molar-refractivity contribution in [2.45, 2.75) is 46.3 Å².